The van der Waals surface area contributed by atoms with Crippen LogP contribution in [0.1, 0.15) is 11.1 Å². The van der Waals surface area contributed by atoms with Crippen molar-refractivity contribution in [3.63, 3.8) is 0 Å². The molecule has 0 spiro atoms. The van der Waals surface area contributed by atoms with Gasteiger partial charge in [-0.1, -0.05) is 47.5 Å². The Morgan fingerprint density at radius 3 is 1.33 bits per heavy atom. The molecule has 0 saturated heterocycles. The Balaban J connectivity index is 1.64. The maximum Gasteiger partial charge on any atom is 0.240 e. The van der Waals surface area contributed by atoms with Crippen LogP contribution in [-0.4, -0.2) is 16.8 Å². The Hall–Kier alpha value is -1.94. The number of hydrogen-bond acceptors (Lipinski definition) is 4. The monoisotopic (exact) mass is 484 g/mol. The molecule has 0 fully saturated rings. The van der Waals surface area contributed by atoms with Crippen LogP contribution < -0.4 is 9.44 Å². The van der Waals surface area contributed by atoms with Crippen molar-refractivity contribution >= 4 is 43.2 Å². The molecule has 158 valence electrons. The van der Waals surface area contributed by atoms with Crippen molar-refractivity contribution in [3.8, 4) is 0 Å². The van der Waals surface area contributed by atoms with Crippen LogP contribution in [0.25, 0.3) is 0 Å². The zero-order chi connectivity index (χ0) is 21.8. The maximum absolute atomic E-state index is 12.4. The summed E-state index contributed by atoms with van der Waals surface area (Å²) in [7, 11) is -7.39. The highest BCUT2D eigenvalue weighted by Crippen LogP contribution is 2.16. The molecule has 3 aromatic rings. The third-order valence-electron chi connectivity index (χ3n) is 4.17. The second kappa shape index (κ2) is 9.47. The Morgan fingerprint density at radius 2 is 0.967 bits per heavy atom. The number of rotatable bonds is 8. The van der Waals surface area contributed by atoms with E-state index in [0.29, 0.717) is 21.2 Å². The molecular formula is C20H18Cl2N2O4S2. The molecule has 0 aliphatic carbocycles. The minimum absolute atomic E-state index is 0.0583. The first-order valence-electron chi connectivity index (χ1n) is 8.74. The SMILES string of the molecule is O=S(=O)(NCc1cccc(CNS(=O)(=O)c2ccc(Cl)cc2)c1)c1ccc(Cl)cc1. The van der Waals surface area contributed by atoms with Gasteiger partial charge in [0, 0.05) is 23.1 Å². The van der Waals surface area contributed by atoms with E-state index in [-0.39, 0.29) is 22.9 Å². The van der Waals surface area contributed by atoms with Crippen molar-refractivity contribution in [2.45, 2.75) is 22.9 Å². The molecule has 3 rings (SSSR count). The van der Waals surface area contributed by atoms with E-state index in [4.69, 9.17) is 23.2 Å². The van der Waals surface area contributed by atoms with Crippen molar-refractivity contribution in [2.24, 2.45) is 0 Å². The van der Waals surface area contributed by atoms with Crippen LogP contribution >= 0.6 is 23.2 Å². The molecule has 2 N–H and O–H groups in total. The molecule has 0 aliphatic heterocycles. The molecule has 0 atom stereocenters. The smallest absolute Gasteiger partial charge is 0.207 e. The van der Waals surface area contributed by atoms with E-state index in [0.717, 1.165) is 0 Å². The molecule has 0 amide bonds. The van der Waals surface area contributed by atoms with Crippen molar-refractivity contribution in [3.05, 3.63) is 94.0 Å². The fraction of sp³-hybridized carbons (Fsp3) is 0.100. The van der Waals surface area contributed by atoms with E-state index in [1.54, 1.807) is 24.3 Å². The van der Waals surface area contributed by atoms with Gasteiger partial charge in [-0.2, -0.15) is 0 Å². The first kappa shape index (κ1) is 22.7. The Morgan fingerprint density at radius 1 is 0.600 bits per heavy atom. The lowest BCUT2D eigenvalue weighted by Gasteiger charge is -2.10. The normalized spacial score (nSPS) is 12.1. The minimum Gasteiger partial charge on any atom is -0.207 e. The van der Waals surface area contributed by atoms with Crippen LogP contribution in [-0.2, 0) is 33.1 Å². The largest absolute Gasteiger partial charge is 0.240 e. The predicted octanol–water partition coefficient (Wildman–Crippen LogP) is 3.95. The van der Waals surface area contributed by atoms with E-state index in [2.05, 4.69) is 9.44 Å². The first-order valence-corrected chi connectivity index (χ1v) is 12.5. The molecule has 0 heterocycles. The first-order chi connectivity index (χ1) is 14.2. The molecule has 0 bridgehead atoms. The fourth-order valence-electron chi connectivity index (χ4n) is 2.60. The summed E-state index contributed by atoms with van der Waals surface area (Å²) in [5.74, 6) is 0. The van der Waals surface area contributed by atoms with Crippen molar-refractivity contribution in [1.82, 2.24) is 9.44 Å². The lowest BCUT2D eigenvalue weighted by molar-refractivity contribution is 0.580. The quantitative estimate of drug-likeness (QED) is 0.506. The third-order valence-corrected chi connectivity index (χ3v) is 7.51. The molecule has 0 saturated carbocycles. The molecule has 3 aromatic carbocycles. The van der Waals surface area contributed by atoms with Gasteiger partial charge in [-0.25, -0.2) is 26.3 Å². The summed E-state index contributed by atoms with van der Waals surface area (Å²) in [6.45, 7) is 0.117. The van der Waals surface area contributed by atoms with E-state index in [9.17, 15) is 16.8 Å². The van der Waals surface area contributed by atoms with Crippen molar-refractivity contribution < 1.29 is 16.8 Å². The zero-order valence-corrected chi connectivity index (χ0v) is 18.7. The summed E-state index contributed by atoms with van der Waals surface area (Å²) in [4.78, 5) is 0.220. The molecule has 30 heavy (non-hydrogen) atoms. The number of hydrogen-bond donors (Lipinski definition) is 2. The fourth-order valence-corrected chi connectivity index (χ4v) is 4.89. The van der Waals surface area contributed by atoms with Gasteiger partial charge in [-0.3, -0.25) is 0 Å². The molecule has 6 nitrogen and oxygen atoms in total. The average Bonchev–Trinajstić information content (AvgIpc) is 2.72. The summed E-state index contributed by atoms with van der Waals surface area (Å²) in [5.41, 5.74) is 1.38. The Bertz CT molecular complexity index is 1130. The van der Waals surface area contributed by atoms with Gasteiger partial charge >= 0.3 is 0 Å². The Labute approximate surface area is 186 Å². The number of halogens is 2. The maximum atomic E-state index is 12.4. The van der Waals surface area contributed by atoms with Crippen LogP contribution in [0.4, 0.5) is 0 Å². The van der Waals surface area contributed by atoms with Gasteiger partial charge in [-0.05, 0) is 59.7 Å². The molecule has 0 aromatic heterocycles. The number of benzene rings is 3. The van der Waals surface area contributed by atoms with E-state index < -0.39 is 20.0 Å². The highest BCUT2D eigenvalue weighted by Gasteiger charge is 2.15. The summed E-state index contributed by atoms with van der Waals surface area (Å²) in [6, 6.07) is 18.7. The predicted molar refractivity (Wildman–Crippen MR) is 117 cm³/mol. The molecular weight excluding hydrogens is 467 g/mol. The van der Waals surface area contributed by atoms with Gasteiger partial charge in [0.1, 0.15) is 0 Å². The average molecular weight is 485 g/mol. The lowest BCUT2D eigenvalue weighted by Crippen LogP contribution is -2.24. The summed E-state index contributed by atoms with van der Waals surface area (Å²) < 4.78 is 54.6. The molecule has 0 radical (unpaired) electrons. The van der Waals surface area contributed by atoms with Crippen LogP contribution in [0, 0.1) is 0 Å². The highest BCUT2D eigenvalue weighted by atomic mass is 35.5. The molecule has 10 heteroatoms. The van der Waals surface area contributed by atoms with Crippen molar-refractivity contribution in [2.75, 3.05) is 0 Å². The summed E-state index contributed by atoms with van der Waals surface area (Å²) >= 11 is 11.6. The molecule has 0 aliphatic rings. The van der Waals surface area contributed by atoms with Gasteiger partial charge in [0.05, 0.1) is 9.79 Å². The van der Waals surface area contributed by atoms with Gasteiger partial charge in [-0.15, -0.1) is 0 Å². The van der Waals surface area contributed by atoms with Gasteiger partial charge in [0.15, 0.2) is 0 Å². The van der Waals surface area contributed by atoms with E-state index in [1.165, 1.54) is 48.5 Å². The van der Waals surface area contributed by atoms with Crippen LogP contribution in [0.2, 0.25) is 10.0 Å². The van der Waals surface area contributed by atoms with Crippen LogP contribution in [0.3, 0.4) is 0 Å². The third kappa shape index (κ3) is 6.04. The summed E-state index contributed by atoms with van der Waals surface area (Å²) in [6.07, 6.45) is 0. The van der Waals surface area contributed by atoms with Gasteiger partial charge < -0.3 is 0 Å². The second-order valence-electron chi connectivity index (χ2n) is 6.38. The number of nitrogens with one attached hydrogen (secondary N) is 2. The van der Waals surface area contributed by atoms with E-state index in [1.807, 2.05) is 0 Å². The second-order valence-corrected chi connectivity index (χ2v) is 10.8. The van der Waals surface area contributed by atoms with Crippen LogP contribution in [0.5, 0.6) is 0 Å². The molecule has 0 unspecified atom stereocenters. The Kier molecular flexibility index (Phi) is 7.18. The topological polar surface area (TPSA) is 92.3 Å². The van der Waals surface area contributed by atoms with Gasteiger partial charge in [0.2, 0.25) is 20.0 Å². The number of sulfonamides is 2. The van der Waals surface area contributed by atoms with Crippen molar-refractivity contribution in [1.29, 1.82) is 0 Å². The van der Waals surface area contributed by atoms with Crippen LogP contribution in [0.15, 0.2) is 82.6 Å². The summed E-state index contributed by atoms with van der Waals surface area (Å²) in [5, 5.41) is 0.894. The van der Waals surface area contributed by atoms with Gasteiger partial charge in [0.25, 0.3) is 0 Å². The zero-order valence-electron chi connectivity index (χ0n) is 15.5. The van der Waals surface area contributed by atoms with E-state index >= 15 is 0 Å². The standard InChI is InChI=1S/C20H18Cl2N2O4S2/c21-17-4-8-19(9-5-17)29(25,26)23-13-15-2-1-3-16(12-15)14-24-30(27,28)20-10-6-18(22)7-11-20/h1-12,23-24H,13-14H2. The minimum atomic E-state index is -3.69. The lowest BCUT2D eigenvalue weighted by atomic mass is 10.1. The highest BCUT2D eigenvalue weighted by molar-refractivity contribution is 7.89.